The van der Waals surface area contributed by atoms with Gasteiger partial charge in [-0.3, -0.25) is 0 Å². The lowest BCUT2D eigenvalue weighted by Gasteiger charge is -2.32. The standard InChI is InChI=1S/C80H75N3O6/c1-5-13-76-52(9-1)44-81(47-84-76)59-20-28-63(29-21-59)87-62-26-17-50(18-27-62)68-37-57-41-72(68)74-40-56(36-71(57)74)67-34-19-51(43-80(67)89-65-32-24-61(25-33-65)83-46-54-11-3-7-15-78(54)86-49-83)69-38-58-42-73(69)75-39-55(35-70(58)75)66-12-4-8-16-79(66)88-64-30-22-60(23-31-64)82-45-53-10-2-6-14-77(53)85-48-82/h1-34,43,55-58,68-75H,35-42,44-49H2. The lowest BCUT2D eigenvalue weighted by molar-refractivity contribution is 0.232. The molecule has 9 aromatic rings. The molecule has 0 N–H and O–H groups in total. The zero-order chi connectivity index (χ0) is 58.5. The van der Waals surface area contributed by atoms with Crippen LogP contribution in [0.1, 0.15) is 114 Å². The molecule has 9 nitrogen and oxygen atoms in total. The third-order valence-corrected chi connectivity index (χ3v) is 22.9. The number of hydrogen-bond acceptors (Lipinski definition) is 9. The van der Waals surface area contributed by atoms with E-state index in [-0.39, 0.29) is 0 Å². The first-order valence-corrected chi connectivity index (χ1v) is 33.0. The Morgan fingerprint density at radius 3 is 1.18 bits per heavy atom. The highest BCUT2D eigenvalue weighted by Crippen LogP contribution is 2.68. The van der Waals surface area contributed by atoms with Crippen LogP contribution in [0.15, 0.2) is 212 Å². The van der Waals surface area contributed by atoms with E-state index in [1.54, 1.807) is 0 Å². The molecule has 12 atom stereocenters. The molecule has 18 rings (SSSR count). The van der Waals surface area contributed by atoms with Crippen molar-refractivity contribution in [3.05, 3.63) is 251 Å². The van der Waals surface area contributed by atoms with Crippen molar-refractivity contribution in [2.45, 2.75) is 94.7 Å². The molecule has 12 unspecified atom stereocenters. The summed E-state index contributed by atoms with van der Waals surface area (Å²) in [4.78, 5) is 6.83. The Morgan fingerprint density at radius 1 is 0.303 bits per heavy atom. The fraction of sp³-hybridized carbons (Fsp3) is 0.325. The summed E-state index contributed by atoms with van der Waals surface area (Å²) in [7, 11) is 0. The van der Waals surface area contributed by atoms with E-state index in [9.17, 15) is 0 Å². The Kier molecular flexibility index (Phi) is 13.2. The third kappa shape index (κ3) is 9.82. The summed E-state index contributed by atoms with van der Waals surface area (Å²) < 4.78 is 38.8. The minimum atomic E-state index is 0.478. The summed E-state index contributed by atoms with van der Waals surface area (Å²) in [5.41, 5.74) is 12.8. The van der Waals surface area contributed by atoms with Crippen molar-refractivity contribution in [1.82, 2.24) is 0 Å². The number of para-hydroxylation sites is 4. The largest absolute Gasteiger partial charge is 0.473 e. The monoisotopic (exact) mass is 1170 g/mol. The number of hydrogen-bond donors (Lipinski definition) is 0. The molecular weight excluding hydrogens is 1100 g/mol. The average Bonchev–Trinajstić information content (AvgIpc) is 1.66. The van der Waals surface area contributed by atoms with Crippen LogP contribution < -0.4 is 43.1 Å². The van der Waals surface area contributed by atoms with Gasteiger partial charge in [0.25, 0.3) is 0 Å². The molecule has 3 aliphatic heterocycles. The summed E-state index contributed by atoms with van der Waals surface area (Å²) in [6.45, 7) is 4.10. The molecule has 89 heavy (non-hydrogen) atoms. The molecule has 0 amide bonds. The van der Waals surface area contributed by atoms with E-state index in [4.69, 9.17) is 28.4 Å². The van der Waals surface area contributed by atoms with Crippen molar-refractivity contribution < 1.29 is 28.4 Å². The van der Waals surface area contributed by atoms with E-state index in [1.165, 1.54) is 90.3 Å². The molecule has 3 heterocycles. The number of anilines is 3. The van der Waals surface area contributed by atoms with Crippen LogP contribution in [-0.2, 0) is 19.6 Å². The van der Waals surface area contributed by atoms with Crippen LogP contribution in [0.2, 0.25) is 0 Å². The highest BCUT2D eigenvalue weighted by Gasteiger charge is 2.58. The Bertz CT molecular complexity index is 4080. The van der Waals surface area contributed by atoms with Crippen molar-refractivity contribution in [3.63, 3.8) is 0 Å². The SMILES string of the molecule is c1ccc2c(c1)CN(c1ccc(Oc3ccc(C4CC5CC4C4CC(c6ccc(C7CC8CC7C7CC(c9ccccc9Oc9ccc(N%10COc%11ccccc%11C%10)cc9)CC87)cc6Oc6ccc(N7COc8ccccc8C7)cc6)CC54)cc3)cc1)CO2. The Morgan fingerprint density at radius 2 is 0.685 bits per heavy atom. The van der Waals surface area contributed by atoms with Gasteiger partial charge in [0.1, 0.15) is 51.7 Å². The van der Waals surface area contributed by atoms with E-state index in [1.807, 2.05) is 18.2 Å². The first kappa shape index (κ1) is 53.2. The average molecular weight is 1170 g/mol. The van der Waals surface area contributed by atoms with E-state index < -0.39 is 0 Å². The molecule has 9 aliphatic rings. The molecule has 4 bridgehead atoms. The second-order valence-electron chi connectivity index (χ2n) is 27.4. The first-order chi connectivity index (χ1) is 44.0. The lowest BCUT2D eigenvalue weighted by atomic mass is 9.73. The number of ether oxygens (including phenoxy) is 6. The molecule has 0 radical (unpaired) electrons. The van der Waals surface area contributed by atoms with E-state index in [2.05, 4.69) is 209 Å². The summed E-state index contributed by atoms with van der Waals surface area (Å²) in [6.07, 6.45) is 10.2. The molecule has 9 heteroatoms. The van der Waals surface area contributed by atoms with Crippen molar-refractivity contribution in [1.29, 1.82) is 0 Å². The van der Waals surface area contributed by atoms with E-state index in [0.29, 0.717) is 55.7 Å². The zero-order valence-corrected chi connectivity index (χ0v) is 50.3. The van der Waals surface area contributed by atoms with Crippen LogP contribution in [0.4, 0.5) is 17.1 Å². The molecule has 6 aliphatic carbocycles. The van der Waals surface area contributed by atoms with Gasteiger partial charge in [0, 0.05) is 53.4 Å². The van der Waals surface area contributed by atoms with E-state index >= 15 is 0 Å². The zero-order valence-electron chi connectivity index (χ0n) is 50.3. The fourth-order valence-electron chi connectivity index (χ4n) is 18.9. The third-order valence-electron chi connectivity index (χ3n) is 22.9. The van der Waals surface area contributed by atoms with Gasteiger partial charge in [-0.25, -0.2) is 0 Å². The minimum absolute atomic E-state index is 0.478. The van der Waals surface area contributed by atoms with Crippen molar-refractivity contribution >= 4 is 17.1 Å². The summed E-state index contributed by atoms with van der Waals surface area (Å²) >= 11 is 0. The molecule has 6 fully saturated rings. The predicted octanol–water partition coefficient (Wildman–Crippen LogP) is 19.0. The normalized spacial score (nSPS) is 27.3. The Labute approximate surface area is 522 Å². The van der Waals surface area contributed by atoms with Gasteiger partial charge in [-0.1, -0.05) is 97.1 Å². The maximum absolute atomic E-state index is 7.26. The Balaban J connectivity index is 0.564. The van der Waals surface area contributed by atoms with Gasteiger partial charge in [0.05, 0.1) is 0 Å². The molecule has 446 valence electrons. The van der Waals surface area contributed by atoms with Gasteiger partial charge in [-0.15, -0.1) is 0 Å². The van der Waals surface area contributed by atoms with Gasteiger partial charge < -0.3 is 43.1 Å². The first-order valence-electron chi connectivity index (χ1n) is 33.0. The molecule has 9 aromatic carbocycles. The van der Waals surface area contributed by atoms with Crippen LogP contribution >= 0.6 is 0 Å². The van der Waals surface area contributed by atoms with Gasteiger partial charge >= 0.3 is 0 Å². The van der Waals surface area contributed by atoms with Crippen LogP contribution in [0.3, 0.4) is 0 Å². The van der Waals surface area contributed by atoms with Crippen LogP contribution in [0.5, 0.6) is 51.7 Å². The quantitative estimate of drug-likeness (QED) is 0.112. The molecule has 6 saturated carbocycles. The summed E-state index contributed by atoms with van der Waals surface area (Å²) in [6, 6.07) is 76.4. The lowest BCUT2D eigenvalue weighted by Crippen LogP contribution is -2.31. The highest BCUT2D eigenvalue weighted by molar-refractivity contribution is 5.56. The van der Waals surface area contributed by atoms with Crippen molar-refractivity contribution in [3.8, 4) is 51.7 Å². The summed E-state index contributed by atoms with van der Waals surface area (Å²) in [5.74, 6) is 16.5. The molecule has 0 aromatic heterocycles. The maximum atomic E-state index is 7.26. The molecule has 0 saturated heterocycles. The van der Waals surface area contributed by atoms with Crippen LogP contribution in [0, 0.1) is 47.3 Å². The predicted molar refractivity (Wildman–Crippen MR) is 349 cm³/mol. The number of benzene rings is 9. The van der Waals surface area contributed by atoms with Crippen LogP contribution in [0.25, 0.3) is 0 Å². The summed E-state index contributed by atoms with van der Waals surface area (Å²) in [5, 5.41) is 0. The topological polar surface area (TPSA) is 65.1 Å². The second kappa shape index (κ2) is 22.0. The van der Waals surface area contributed by atoms with Gasteiger partial charge in [0.2, 0.25) is 0 Å². The fourth-order valence-corrected chi connectivity index (χ4v) is 18.9. The molecule has 0 spiro atoms. The number of fused-ring (bicyclic) bond motifs is 13. The number of rotatable bonds is 13. The van der Waals surface area contributed by atoms with Crippen LogP contribution in [-0.4, -0.2) is 20.2 Å². The second-order valence-corrected chi connectivity index (χ2v) is 27.4. The maximum Gasteiger partial charge on any atom is 0.161 e. The van der Waals surface area contributed by atoms with Gasteiger partial charge in [-0.05, 0) is 260 Å². The highest BCUT2D eigenvalue weighted by atomic mass is 16.5. The van der Waals surface area contributed by atoms with Crippen molar-refractivity contribution in [2.24, 2.45) is 47.3 Å². The van der Waals surface area contributed by atoms with Crippen molar-refractivity contribution in [2.75, 3.05) is 34.9 Å². The minimum Gasteiger partial charge on any atom is -0.473 e. The smallest absolute Gasteiger partial charge is 0.161 e. The molecular formula is C80H75N3O6. The van der Waals surface area contributed by atoms with E-state index in [0.717, 1.165) is 124 Å². The Hall–Kier alpha value is -8.82. The van der Waals surface area contributed by atoms with Gasteiger partial charge in [0.15, 0.2) is 20.2 Å². The number of nitrogens with zero attached hydrogens (tertiary/aromatic N) is 3. The van der Waals surface area contributed by atoms with Gasteiger partial charge in [-0.2, -0.15) is 0 Å².